The normalized spacial score (nSPS) is 11.0. The molecule has 0 saturated carbocycles. The molecule has 108 valence electrons. The number of halogens is 1. The van der Waals surface area contributed by atoms with E-state index < -0.39 is 0 Å². The van der Waals surface area contributed by atoms with E-state index in [-0.39, 0.29) is 11.6 Å². The SMILES string of the molecule is CC(C)n1ncc(NCCCn2cccn2)c(Br)c1=O. The molecule has 2 aromatic rings. The molecular weight excluding hydrogens is 322 g/mol. The van der Waals surface area contributed by atoms with Crippen LogP contribution in [0.2, 0.25) is 0 Å². The van der Waals surface area contributed by atoms with E-state index in [0.29, 0.717) is 4.47 Å². The minimum absolute atomic E-state index is 0.0488. The number of nitrogens with one attached hydrogen (secondary N) is 1. The molecule has 0 radical (unpaired) electrons. The van der Waals surface area contributed by atoms with E-state index in [9.17, 15) is 4.79 Å². The van der Waals surface area contributed by atoms with Gasteiger partial charge in [0.15, 0.2) is 0 Å². The van der Waals surface area contributed by atoms with E-state index in [4.69, 9.17) is 0 Å². The minimum Gasteiger partial charge on any atom is -0.383 e. The fourth-order valence-corrected chi connectivity index (χ4v) is 2.26. The maximum absolute atomic E-state index is 12.0. The molecule has 2 heterocycles. The van der Waals surface area contributed by atoms with Gasteiger partial charge in [-0.1, -0.05) is 0 Å². The molecule has 1 N–H and O–H groups in total. The number of rotatable bonds is 6. The summed E-state index contributed by atoms with van der Waals surface area (Å²) in [5.74, 6) is 0. The largest absolute Gasteiger partial charge is 0.383 e. The summed E-state index contributed by atoms with van der Waals surface area (Å²) in [6.07, 6.45) is 6.29. The zero-order chi connectivity index (χ0) is 14.5. The first-order valence-corrected chi connectivity index (χ1v) is 7.37. The summed E-state index contributed by atoms with van der Waals surface area (Å²) in [6.45, 7) is 5.45. The molecular formula is C13H18BrN5O. The summed E-state index contributed by atoms with van der Waals surface area (Å²) in [6, 6.07) is 1.95. The highest BCUT2D eigenvalue weighted by Crippen LogP contribution is 2.17. The quantitative estimate of drug-likeness (QED) is 0.820. The smallest absolute Gasteiger partial charge is 0.283 e. The second kappa shape index (κ2) is 6.69. The molecule has 0 aliphatic rings. The molecule has 0 spiro atoms. The average Bonchev–Trinajstić information content (AvgIpc) is 2.92. The second-order valence-corrected chi connectivity index (χ2v) is 5.56. The Kier molecular flexibility index (Phi) is 4.94. The van der Waals surface area contributed by atoms with E-state index in [0.717, 1.165) is 25.2 Å². The number of aryl methyl sites for hydroxylation is 1. The predicted molar refractivity (Wildman–Crippen MR) is 81.9 cm³/mol. The van der Waals surface area contributed by atoms with Crippen LogP contribution in [-0.2, 0) is 6.54 Å². The molecule has 0 atom stereocenters. The van der Waals surface area contributed by atoms with Gasteiger partial charge in [-0.2, -0.15) is 10.2 Å². The highest BCUT2D eigenvalue weighted by atomic mass is 79.9. The van der Waals surface area contributed by atoms with Gasteiger partial charge in [0.2, 0.25) is 0 Å². The Hall–Kier alpha value is -1.63. The third kappa shape index (κ3) is 3.47. The van der Waals surface area contributed by atoms with Crippen LogP contribution in [0.15, 0.2) is 33.9 Å². The standard InChI is InChI=1S/C13H18BrN5O/c1-10(2)19-13(20)12(14)11(9-17-19)15-5-3-7-18-8-4-6-16-18/h4,6,8-10,15H,3,5,7H2,1-2H3. The van der Waals surface area contributed by atoms with Crippen LogP contribution in [0.5, 0.6) is 0 Å². The van der Waals surface area contributed by atoms with Crippen molar-refractivity contribution in [2.75, 3.05) is 11.9 Å². The Labute approximate surface area is 125 Å². The molecule has 0 aliphatic heterocycles. The molecule has 2 rings (SSSR count). The molecule has 0 saturated heterocycles. The van der Waals surface area contributed by atoms with Gasteiger partial charge in [0.25, 0.3) is 5.56 Å². The van der Waals surface area contributed by atoms with E-state index in [1.807, 2.05) is 30.8 Å². The van der Waals surface area contributed by atoms with E-state index in [2.05, 4.69) is 31.4 Å². The van der Waals surface area contributed by atoms with Crippen molar-refractivity contribution in [2.24, 2.45) is 0 Å². The monoisotopic (exact) mass is 339 g/mol. The van der Waals surface area contributed by atoms with Crippen LogP contribution in [0.4, 0.5) is 5.69 Å². The van der Waals surface area contributed by atoms with Gasteiger partial charge in [0.1, 0.15) is 4.47 Å². The topological polar surface area (TPSA) is 64.7 Å². The van der Waals surface area contributed by atoms with Gasteiger partial charge in [-0.15, -0.1) is 0 Å². The number of hydrogen-bond donors (Lipinski definition) is 1. The average molecular weight is 340 g/mol. The Morgan fingerprint density at radius 2 is 2.20 bits per heavy atom. The summed E-state index contributed by atoms with van der Waals surface area (Å²) < 4.78 is 3.87. The van der Waals surface area contributed by atoms with Crippen LogP contribution in [0.3, 0.4) is 0 Å². The maximum atomic E-state index is 12.0. The number of anilines is 1. The van der Waals surface area contributed by atoms with Gasteiger partial charge in [0.05, 0.1) is 17.9 Å². The molecule has 0 amide bonds. The maximum Gasteiger partial charge on any atom is 0.283 e. The summed E-state index contributed by atoms with van der Waals surface area (Å²) in [7, 11) is 0. The first-order valence-electron chi connectivity index (χ1n) is 6.58. The molecule has 0 bridgehead atoms. The van der Waals surface area contributed by atoms with Gasteiger partial charge < -0.3 is 5.32 Å². The van der Waals surface area contributed by atoms with Crippen LogP contribution >= 0.6 is 15.9 Å². The molecule has 0 aromatic carbocycles. The fraction of sp³-hybridized carbons (Fsp3) is 0.462. The second-order valence-electron chi connectivity index (χ2n) is 4.77. The Balaban J connectivity index is 1.93. The Morgan fingerprint density at radius 3 is 2.85 bits per heavy atom. The van der Waals surface area contributed by atoms with Gasteiger partial charge in [0, 0.05) is 25.5 Å². The lowest BCUT2D eigenvalue weighted by atomic mass is 10.3. The summed E-state index contributed by atoms with van der Waals surface area (Å²) >= 11 is 3.34. The Bertz CT molecular complexity index is 606. The van der Waals surface area contributed by atoms with Gasteiger partial charge in [-0.3, -0.25) is 9.48 Å². The molecule has 7 heteroatoms. The van der Waals surface area contributed by atoms with Crippen molar-refractivity contribution in [3.05, 3.63) is 39.5 Å². The van der Waals surface area contributed by atoms with Crippen LogP contribution in [-0.4, -0.2) is 26.1 Å². The first kappa shape index (κ1) is 14.8. The number of nitrogens with zero attached hydrogens (tertiary/aromatic N) is 4. The van der Waals surface area contributed by atoms with Gasteiger partial charge >= 0.3 is 0 Å². The lowest BCUT2D eigenvalue weighted by Gasteiger charge is -2.12. The third-order valence-corrected chi connectivity index (χ3v) is 3.64. The molecule has 6 nitrogen and oxygen atoms in total. The first-order chi connectivity index (χ1) is 9.59. The molecule has 2 aromatic heterocycles. The van der Waals surface area contributed by atoms with Crippen LogP contribution < -0.4 is 10.9 Å². The summed E-state index contributed by atoms with van der Waals surface area (Å²) in [5.41, 5.74) is 0.615. The molecule has 20 heavy (non-hydrogen) atoms. The summed E-state index contributed by atoms with van der Waals surface area (Å²) in [4.78, 5) is 12.0. The van der Waals surface area contributed by atoms with Crippen molar-refractivity contribution >= 4 is 21.6 Å². The van der Waals surface area contributed by atoms with Gasteiger partial charge in [-0.05, 0) is 42.3 Å². The molecule has 0 fully saturated rings. The number of hydrogen-bond acceptors (Lipinski definition) is 4. The third-order valence-electron chi connectivity index (χ3n) is 2.87. The highest BCUT2D eigenvalue weighted by Gasteiger charge is 2.10. The lowest BCUT2D eigenvalue weighted by Crippen LogP contribution is -2.26. The lowest BCUT2D eigenvalue weighted by molar-refractivity contribution is 0.501. The Morgan fingerprint density at radius 1 is 1.40 bits per heavy atom. The van der Waals surface area contributed by atoms with Crippen LogP contribution in [0.25, 0.3) is 0 Å². The van der Waals surface area contributed by atoms with Crippen molar-refractivity contribution < 1.29 is 0 Å². The van der Waals surface area contributed by atoms with Gasteiger partial charge in [-0.25, -0.2) is 4.68 Å². The predicted octanol–water partition coefficient (Wildman–Crippen LogP) is 2.29. The van der Waals surface area contributed by atoms with Crippen molar-refractivity contribution in [1.82, 2.24) is 19.6 Å². The van der Waals surface area contributed by atoms with Crippen LogP contribution in [0, 0.1) is 0 Å². The highest BCUT2D eigenvalue weighted by molar-refractivity contribution is 9.10. The van der Waals surface area contributed by atoms with Crippen molar-refractivity contribution in [3.8, 4) is 0 Å². The zero-order valence-corrected chi connectivity index (χ0v) is 13.2. The van der Waals surface area contributed by atoms with E-state index in [1.54, 1.807) is 12.4 Å². The van der Waals surface area contributed by atoms with E-state index in [1.165, 1.54) is 4.68 Å². The fourth-order valence-electron chi connectivity index (χ4n) is 1.83. The van der Waals surface area contributed by atoms with Crippen molar-refractivity contribution in [2.45, 2.75) is 32.9 Å². The van der Waals surface area contributed by atoms with E-state index >= 15 is 0 Å². The van der Waals surface area contributed by atoms with Crippen LogP contribution in [0.1, 0.15) is 26.3 Å². The molecule has 0 unspecified atom stereocenters. The summed E-state index contributed by atoms with van der Waals surface area (Å²) in [5, 5.41) is 11.5. The zero-order valence-electron chi connectivity index (χ0n) is 11.6. The van der Waals surface area contributed by atoms with Crippen molar-refractivity contribution in [1.29, 1.82) is 0 Å². The molecule has 0 aliphatic carbocycles. The minimum atomic E-state index is -0.114. The number of aromatic nitrogens is 4. The van der Waals surface area contributed by atoms with Crippen molar-refractivity contribution in [3.63, 3.8) is 0 Å².